The zero-order valence-corrected chi connectivity index (χ0v) is 7.77. The van der Waals surface area contributed by atoms with E-state index in [2.05, 4.69) is 4.98 Å². The SMILES string of the molecule is Cc1[nH]c(=O)c([N+](=O)[O-])cc1C(C)O. The zero-order chi connectivity index (χ0) is 10.9. The highest BCUT2D eigenvalue weighted by Gasteiger charge is 2.17. The number of aryl methyl sites for hydroxylation is 1. The predicted octanol–water partition coefficient (Wildman–Crippen LogP) is 0.645. The van der Waals surface area contributed by atoms with E-state index in [-0.39, 0.29) is 0 Å². The molecule has 0 spiro atoms. The van der Waals surface area contributed by atoms with E-state index in [9.17, 15) is 20.0 Å². The minimum atomic E-state index is -0.842. The Morgan fingerprint density at radius 1 is 1.64 bits per heavy atom. The van der Waals surface area contributed by atoms with E-state index in [1.54, 1.807) is 6.92 Å². The molecule has 6 heteroatoms. The molecule has 0 fully saturated rings. The van der Waals surface area contributed by atoms with Crippen molar-refractivity contribution in [3.63, 3.8) is 0 Å². The Balaban J connectivity index is 3.42. The molecule has 1 aromatic heterocycles. The number of aliphatic hydroxyl groups excluding tert-OH is 1. The molecule has 0 saturated carbocycles. The first kappa shape index (κ1) is 10.4. The molecule has 0 aromatic carbocycles. The van der Waals surface area contributed by atoms with Gasteiger partial charge in [0, 0.05) is 17.3 Å². The van der Waals surface area contributed by atoms with Crippen LogP contribution in [0.2, 0.25) is 0 Å². The van der Waals surface area contributed by atoms with Gasteiger partial charge in [0.1, 0.15) is 0 Å². The van der Waals surface area contributed by atoms with Gasteiger partial charge in [-0.25, -0.2) is 0 Å². The summed E-state index contributed by atoms with van der Waals surface area (Å²) in [6.45, 7) is 3.05. The maximum Gasteiger partial charge on any atom is 0.334 e. The molecule has 6 nitrogen and oxygen atoms in total. The summed E-state index contributed by atoms with van der Waals surface area (Å²) in [5.74, 6) is 0. The third kappa shape index (κ3) is 1.80. The summed E-state index contributed by atoms with van der Waals surface area (Å²) in [6.07, 6.45) is -0.842. The van der Waals surface area contributed by atoms with E-state index in [4.69, 9.17) is 0 Å². The van der Waals surface area contributed by atoms with Crippen LogP contribution in [0, 0.1) is 17.0 Å². The topological polar surface area (TPSA) is 96.2 Å². The Kier molecular flexibility index (Phi) is 2.66. The molecule has 0 aliphatic rings. The molecule has 2 N–H and O–H groups in total. The third-order valence-corrected chi connectivity index (χ3v) is 1.91. The van der Waals surface area contributed by atoms with Gasteiger partial charge in [-0.3, -0.25) is 14.9 Å². The Hall–Kier alpha value is -1.69. The van der Waals surface area contributed by atoms with Crippen molar-refractivity contribution in [3.05, 3.63) is 37.8 Å². The summed E-state index contributed by atoms with van der Waals surface area (Å²) in [6, 6.07) is 1.10. The van der Waals surface area contributed by atoms with Crippen molar-refractivity contribution >= 4 is 5.69 Å². The van der Waals surface area contributed by atoms with Crippen LogP contribution in [0.4, 0.5) is 5.69 Å². The first-order chi connectivity index (χ1) is 6.43. The van der Waals surface area contributed by atoms with E-state index >= 15 is 0 Å². The number of nitrogens with one attached hydrogen (secondary N) is 1. The molecule has 1 rings (SSSR count). The summed E-state index contributed by atoms with van der Waals surface area (Å²) >= 11 is 0. The van der Waals surface area contributed by atoms with E-state index in [1.807, 2.05) is 0 Å². The molecular weight excluding hydrogens is 188 g/mol. The standard InChI is InChI=1S/C8H10N2O4/c1-4-6(5(2)11)3-7(10(13)14)8(12)9-4/h3,5,11H,1-2H3,(H,9,12). The molecule has 0 bridgehead atoms. The molecule has 1 unspecified atom stereocenters. The second kappa shape index (κ2) is 3.59. The predicted molar refractivity (Wildman–Crippen MR) is 49.1 cm³/mol. The lowest BCUT2D eigenvalue weighted by molar-refractivity contribution is -0.386. The van der Waals surface area contributed by atoms with Crippen LogP contribution in [0.15, 0.2) is 10.9 Å². The number of aliphatic hydroxyl groups is 1. The van der Waals surface area contributed by atoms with Crippen LogP contribution in [-0.2, 0) is 0 Å². The molecule has 1 aromatic rings. The number of H-pyrrole nitrogens is 1. The minimum absolute atomic E-state index is 0.358. The molecule has 0 radical (unpaired) electrons. The van der Waals surface area contributed by atoms with E-state index in [0.717, 1.165) is 6.07 Å². The van der Waals surface area contributed by atoms with Crippen LogP contribution in [0.5, 0.6) is 0 Å². The molecule has 0 aliphatic heterocycles. The van der Waals surface area contributed by atoms with Gasteiger partial charge in [0.25, 0.3) is 0 Å². The van der Waals surface area contributed by atoms with Gasteiger partial charge in [0.2, 0.25) is 0 Å². The summed E-state index contributed by atoms with van der Waals surface area (Å²) in [5, 5.41) is 19.7. The van der Waals surface area contributed by atoms with Crippen LogP contribution in [0.3, 0.4) is 0 Å². The Morgan fingerprint density at radius 2 is 2.21 bits per heavy atom. The van der Waals surface area contributed by atoms with Crippen LogP contribution in [0.25, 0.3) is 0 Å². The van der Waals surface area contributed by atoms with E-state index in [1.165, 1.54) is 6.92 Å². The molecule has 0 aliphatic carbocycles. The van der Waals surface area contributed by atoms with Gasteiger partial charge in [-0.05, 0) is 13.8 Å². The van der Waals surface area contributed by atoms with Gasteiger partial charge >= 0.3 is 11.2 Å². The fourth-order valence-electron chi connectivity index (χ4n) is 1.20. The highest BCUT2D eigenvalue weighted by Crippen LogP contribution is 2.17. The zero-order valence-electron chi connectivity index (χ0n) is 7.77. The van der Waals surface area contributed by atoms with Gasteiger partial charge in [0.05, 0.1) is 11.0 Å². The van der Waals surface area contributed by atoms with Crippen LogP contribution >= 0.6 is 0 Å². The summed E-state index contributed by atoms with van der Waals surface area (Å²) in [5.41, 5.74) is -0.504. The number of nitro groups is 1. The first-order valence-electron chi connectivity index (χ1n) is 3.99. The maximum absolute atomic E-state index is 11.1. The van der Waals surface area contributed by atoms with Gasteiger partial charge in [-0.15, -0.1) is 0 Å². The van der Waals surface area contributed by atoms with Gasteiger partial charge in [0.15, 0.2) is 0 Å². The molecular formula is C8H10N2O4. The third-order valence-electron chi connectivity index (χ3n) is 1.91. The van der Waals surface area contributed by atoms with E-state index in [0.29, 0.717) is 11.3 Å². The van der Waals surface area contributed by atoms with Crippen LogP contribution in [0.1, 0.15) is 24.3 Å². The van der Waals surface area contributed by atoms with Crippen molar-refractivity contribution in [2.75, 3.05) is 0 Å². The van der Waals surface area contributed by atoms with Crippen molar-refractivity contribution in [2.24, 2.45) is 0 Å². The summed E-state index contributed by atoms with van der Waals surface area (Å²) < 4.78 is 0. The maximum atomic E-state index is 11.1. The lowest BCUT2D eigenvalue weighted by Crippen LogP contribution is -2.15. The van der Waals surface area contributed by atoms with Crippen molar-refractivity contribution < 1.29 is 10.0 Å². The van der Waals surface area contributed by atoms with Crippen LogP contribution in [-0.4, -0.2) is 15.0 Å². The number of hydrogen-bond acceptors (Lipinski definition) is 4. The normalized spacial score (nSPS) is 12.5. The second-order valence-electron chi connectivity index (χ2n) is 3.00. The van der Waals surface area contributed by atoms with E-state index < -0.39 is 22.3 Å². The smallest absolute Gasteiger partial charge is 0.334 e. The monoisotopic (exact) mass is 198 g/mol. The average Bonchev–Trinajstić information content (AvgIpc) is 2.02. The molecule has 1 heterocycles. The van der Waals surface area contributed by atoms with Gasteiger partial charge in [-0.1, -0.05) is 0 Å². The van der Waals surface area contributed by atoms with Gasteiger partial charge in [-0.2, -0.15) is 0 Å². The highest BCUT2D eigenvalue weighted by atomic mass is 16.6. The largest absolute Gasteiger partial charge is 0.389 e. The number of rotatable bonds is 2. The number of hydrogen-bond donors (Lipinski definition) is 2. The van der Waals surface area contributed by atoms with Crippen molar-refractivity contribution in [1.29, 1.82) is 0 Å². The molecule has 76 valence electrons. The lowest BCUT2D eigenvalue weighted by Gasteiger charge is -2.07. The Labute approximate surface area is 79.4 Å². The molecule has 1 atom stereocenters. The lowest BCUT2D eigenvalue weighted by atomic mass is 10.1. The number of aromatic amines is 1. The molecule has 0 amide bonds. The molecule has 0 saturated heterocycles. The van der Waals surface area contributed by atoms with Crippen molar-refractivity contribution in [2.45, 2.75) is 20.0 Å². The fourth-order valence-corrected chi connectivity index (χ4v) is 1.20. The fraction of sp³-hybridized carbons (Fsp3) is 0.375. The number of pyridine rings is 1. The first-order valence-corrected chi connectivity index (χ1v) is 3.99. The van der Waals surface area contributed by atoms with Crippen molar-refractivity contribution in [1.82, 2.24) is 4.98 Å². The summed E-state index contributed by atoms with van der Waals surface area (Å²) in [4.78, 5) is 23.0. The van der Waals surface area contributed by atoms with Crippen molar-refractivity contribution in [3.8, 4) is 0 Å². The highest BCUT2D eigenvalue weighted by molar-refractivity contribution is 5.34. The molecule has 14 heavy (non-hydrogen) atoms. The average molecular weight is 198 g/mol. The van der Waals surface area contributed by atoms with Crippen LogP contribution < -0.4 is 5.56 Å². The minimum Gasteiger partial charge on any atom is -0.389 e. The number of nitrogens with zero attached hydrogens (tertiary/aromatic N) is 1. The Bertz CT molecular complexity index is 422. The van der Waals surface area contributed by atoms with Gasteiger partial charge < -0.3 is 10.1 Å². The summed E-state index contributed by atoms with van der Waals surface area (Å²) in [7, 11) is 0. The quantitative estimate of drug-likeness (QED) is 0.538. The second-order valence-corrected chi connectivity index (χ2v) is 3.00. The number of aromatic nitrogens is 1. The Morgan fingerprint density at radius 3 is 2.64 bits per heavy atom.